The van der Waals surface area contributed by atoms with Gasteiger partial charge in [-0.25, -0.2) is 4.79 Å². The number of carbonyl (C=O) groups is 1. The predicted molar refractivity (Wildman–Crippen MR) is 119 cm³/mol. The molecule has 1 aliphatic rings. The molecule has 0 aliphatic carbocycles. The van der Waals surface area contributed by atoms with E-state index in [9.17, 15) is 4.79 Å². The molecule has 2 amide bonds. The van der Waals surface area contributed by atoms with Crippen LogP contribution in [-0.2, 0) is 19.5 Å². The molecule has 0 saturated heterocycles. The smallest absolute Gasteiger partial charge is 0.315 e. The third kappa shape index (κ3) is 4.38. The molecule has 1 aromatic carbocycles. The maximum absolute atomic E-state index is 12.6. The number of aromatic nitrogens is 1. The van der Waals surface area contributed by atoms with Crippen LogP contribution < -0.4 is 10.6 Å². The van der Waals surface area contributed by atoms with E-state index in [0.29, 0.717) is 6.54 Å². The average molecular weight is 409 g/mol. The van der Waals surface area contributed by atoms with E-state index in [2.05, 4.69) is 77.7 Å². The third-order valence-electron chi connectivity index (χ3n) is 5.46. The van der Waals surface area contributed by atoms with Crippen molar-refractivity contribution < 1.29 is 4.79 Å². The van der Waals surface area contributed by atoms with Crippen LogP contribution in [0.25, 0.3) is 5.00 Å². The third-order valence-corrected chi connectivity index (χ3v) is 6.71. The van der Waals surface area contributed by atoms with Crippen LogP contribution in [-0.4, -0.2) is 29.1 Å². The van der Waals surface area contributed by atoms with Crippen molar-refractivity contribution in [2.45, 2.75) is 39.4 Å². The summed E-state index contributed by atoms with van der Waals surface area (Å²) in [6.07, 6.45) is 5.18. The van der Waals surface area contributed by atoms with Gasteiger partial charge in [0.15, 0.2) is 0 Å². The van der Waals surface area contributed by atoms with E-state index in [-0.39, 0.29) is 12.1 Å². The predicted octanol–water partition coefficient (Wildman–Crippen LogP) is 4.40. The summed E-state index contributed by atoms with van der Waals surface area (Å²) in [6, 6.07) is 12.1. The lowest BCUT2D eigenvalue weighted by molar-refractivity contribution is 0.237. The lowest BCUT2D eigenvalue weighted by Crippen LogP contribution is -2.37. The molecule has 4 rings (SSSR count). The summed E-state index contributed by atoms with van der Waals surface area (Å²) >= 11 is 1.84. The van der Waals surface area contributed by atoms with Gasteiger partial charge in [-0.3, -0.25) is 0 Å². The lowest BCUT2D eigenvalue weighted by atomic mass is 9.98. The second-order valence-corrected chi connectivity index (χ2v) is 8.92. The number of hydrogen-bond donors (Lipinski definition) is 2. The van der Waals surface area contributed by atoms with Gasteiger partial charge in [0.05, 0.1) is 6.04 Å². The first-order chi connectivity index (χ1) is 14.0. The normalized spacial score (nSPS) is 15.0. The van der Waals surface area contributed by atoms with E-state index in [0.717, 1.165) is 25.1 Å². The summed E-state index contributed by atoms with van der Waals surface area (Å²) in [5.41, 5.74) is 4.97. The molecule has 0 bridgehead atoms. The number of amides is 2. The molecule has 152 valence electrons. The average Bonchev–Trinajstić information content (AvgIpc) is 3.34. The summed E-state index contributed by atoms with van der Waals surface area (Å²) < 4.78 is 2.17. The lowest BCUT2D eigenvalue weighted by Gasteiger charge is -2.24. The summed E-state index contributed by atoms with van der Waals surface area (Å²) in [6.45, 7) is 6.69. The van der Waals surface area contributed by atoms with Gasteiger partial charge in [0.2, 0.25) is 0 Å². The van der Waals surface area contributed by atoms with Crippen LogP contribution >= 0.6 is 11.3 Å². The van der Waals surface area contributed by atoms with Gasteiger partial charge in [-0.1, -0.05) is 29.8 Å². The van der Waals surface area contributed by atoms with Crippen molar-refractivity contribution in [3.63, 3.8) is 0 Å². The number of urea groups is 1. The van der Waals surface area contributed by atoms with Crippen LogP contribution in [0.5, 0.6) is 0 Å². The van der Waals surface area contributed by atoms with Crippen molar-refractivity contribution in [3.8, 4) is 5.00 Å². The molecule has 0 fully saturated rings. The Morgan fingerprint density at radius 3 is 2.66 bits per heavy atom. The second-order valence-electron chi connectivity index (χ2n) is 7.84. The zero-order valence-corrected chi connectivity index (χ0v) is 18.1. The van der Waals surface area contributed by atoms with Crippen molar-refractivity contribution in [2.75, 3.05) is 13.6 Å². The zero-order chi connectivity index (χ0) is 20.4. The first kappa shape index (κ1) is 19.7. The topological polar surface area (TPSA) is 49.3 Å². The van der Waals surface area contributed by atoms with Gasteiger partial charge in [0.25, 0.3) is 0 Å². The van der Waals surface area contributed by atoms with Crippen molar-refractivity contribution >= 4 is 17.4 Å². The molecule has 3 aromatic rings. The number of benzene rings is 1. The maximum Gasteiger partial charge on any atom is 0.315 e. The quantitative estimate of drug-likeness (QED) is 0.658. The van der Waals surface area contributed by atoms with Gasteiger partial charge in [-0.2, -0.15) is 0 Å². The molecule has 0 unspecified atom stereocenters. The Balaban J connectivity index is 1.51. The van der Waals surface area contributed by atoms with Crippen LogP contribution in [0.2, 0.25) is 0 Å². The molecular formula is C23H28N4OS. The molecule has 0 saturated carbocycles. The van der Waals surface area contributed by atoms with Crippen molar-refractivity contribution in [3.05, 3.63) is 75.9 Å². The Hall–Kier alpha value is -2.57. The van der Waals surface area contributed by atoms with Crippen molar-refractivity contribution in [1.82, 2.24) is 20.1 Å². The maximum atomic E-state index is 12.6. The molecule has 2 N–H and O–H groups in total. The van der Waals surface area contributed by atoms with Gasteiger partial charge >= 0.3 is 6.03 Å². The van der Waals surface area contributed by atoms with Crippen LogP contribution in [0.3, 0.4) is 0 Å². The van der Waals surface area contributed by atoms with Crippen LogP contribution in [0.4, 0.5) is 4.79 Å². The van der Waals surface area contributed by atoms with Gasteiger partial charge in [-0.15, -0.1) is 11.3 Å². The first-order valence-electron chi connectivity index (χ1n) is 10.1. The van der Waals surface area contributed by atoms with Gasteiger partial charge in [0, 0.05) is 42.5 Å². The summed E-state index contributed by atoms with van der Waals surface area (Å²) in [7, 11) is 2.16. The molecule has 0 radical (unpaired) electrons. The van der Waals surface area contributed by atoms with Gasteiger partial charge < -0.3 is 20.1 Å². The minimum absolute atomic E-state index is 0.0613. The Labute approximate surface area is 176 Å². The largest absolute Gasteiger partial charge is 0.334 e. The number of likely N-dealkylation sites (N-methyl/N-ethyl adjacent to an activating group) is 1. The van der Waals surface area contributed by atoms with Crippen molar-refractivity contribution in [2.24, 2.45) is 0 Å². The molecule has 1 atom stereocenters. The second kappa shape index (κ2) is 8.43. The number of hydrogen-bond acceptors (Lipinski definition) is 3. The number of thiophene rings is 1. The molecule has 6 heteroatoms. The Morgan fingerprint density at radius 2 is 1.93 bits per heavy atom. The number of fused-ring (bicyclic) bond motifs is 1. The highest BCUT2D eigenvalue weighted by Gasteiger charge is 2.27. The Kier molecular flexibility index (Phi) is 5.74. The van der Waals surface area contributed by atoms with Crippen LogP contribution in [0.15, 0.2) is 48.8 Å². The van der Waals surface area contributed by atoms with Gasteiger partial charge in [0.1, 0.15) is 5.00 Å². The number of aryl methyl sites for hydroxylation is 1. The standard InChI is InChI=1S/C23H28N4OS/c1-16-6-8-18(9-7-16)14-24-23(28)25-17(2)21-19-10-13-26(3)15-20(19)29-22(21)27-11-4-5-12-27/h4-9,11-12,17H,10,13-15H2,1-3H3,(H2,24,25,28)/t17-/m0/s1. The van der Waals surface area contributed by atoms with Crippen LogP contribution in [0, 0.1) is 6.92 Å². The minimum atomic E-state index is -0.135. The fourth-order valence-corrected chi connectivity index (χ4v) is 5.35. The molecular weight excluding hydrogens is 380 g/mol. The molecule has 5 nitrogen and oxygen atoms in total. The zero-order valence-electron chi connectivity index (χ0n) is 17.2. The number of carbonyl (C=O) groups excluding carboxylic acids is 1. The molecule has 1 aliphatic heterocycles. The Bertz CT molecular complexity index is 975. The van der Waals surface area contributed by atoms with Gasteiger partial charge in [-0.05, 0) is 50.6 Å². The van der Waals surface area contributed by atoms with E-state index in [1.807, 2.05) is 23.5 Å². The minimum Gasteiger partial charge on any atom is -0.334 e. The van der Waals surface area contributed by atoms with Crippen LogP contribution in [0.1, 0.15) is 40.1 Å². The highest BCUT2D eigenvalue weighted by atomic mass is 32.1. The molecule has 2 aromatic heterocycles. The SMILES string of the molecule is Cc1ccc(CNC(=O)N[C@@H](C)c2c(-n3cccc3)sc3c2CCN(C)C3)cc1. The molecule has 29 heavy (non-hydrogen) atoms. The van der Waals surface area contributed by atoms with E-state index in [4.69, 9.17) is 0 Å². The fraction of sp³-hybridized carbons (Fsp3) is 0.348. The van der Waals surface area contributed by atoms with Crippen molar-refractivity contribution in [1.29, 1.82) is 0 Å². The fourth-order valence-electron chi connectivity index (χ4n) is 3.86. The highest BCUT2D eigenvalue weighted by Crippen LogP contribution is 2.38. The number of nitrogens with zero attached hydrogens (tertiary/aromatic N) is 2. The first-order valence-corrected chi connectivity index (χ1v) is 10.9. The van der Waals surface area contributed by atoms with E-state index in [1.165, 1.54) is 26.6 Å². The monoisotopic (exact) mass is 408 g/mol. The number of nitrogens with one attached hydrogen (secondary N) is 2. The highest BCUT2D eigenvalue weighted by molar-refractivity contribution is 7.15. The van der Waals surface area contributed by atoms with E-state index < -0.39 is 0 Å². The summed E-state index contributed by atoms with van der Waals surface area (Å²) in [5.74, 6) is 0. The molecule has 0 spiro atoms. The summed E-state index contributed by atoms with van der Waals surface area (Å²) in [5, 5.41) is 7.36. The Morgan fingerprint density at radius 1 is 1.21 bits per heavy atom. The van der Waals surface area contributed by atoms with E-state index >= 15 is 0 Å². The van der Waals surface area contributed by atoms with E-state index in [1.54, 1.807) is 0 Å². The number of rotatable bonds is 5. The molecule has 3 heterocycles. The summed E-state index contributed by atoms with van der Waals surface area (Å²) in [4.78, 5) is 16.3.